The van der Waals surface area contributed by atoms with Gasteiger partial charge in [0.05, 0.1) is 11.9 Å². The molecule has 0 fully saturated rings. The number of carbonyl (C=O) groups excluding carboxylic acids is 2. The van der Waals surface area contributed by atoms with Crippen LogP contribution in [0.4, 0.5) is 0 Å². The second-order valence-corrected chi connectivity index (χ2v) is 8.39. The molecule has 31 heavy (non-hydrogen) atoms. The lowest BCUT2D eigenvalue weighted by Gasteiger charge is -2.16. The van der Waals surface area contributed by atoms with E-state index in [1.165, 1.54) is 5.56 Å². The number of carbonyl (C=O) groups is 2. The Hall–Kier alpha value is -2.96. The molecule has 0 saturated carbocycles. The van der Waals surface area contributed by atoms with Crippen LogP contribution in [0.3, 0.4) is 0 Å². The van der Waals surface area contributed by atoms with E-state index in [4.69, 9.17) is 0 Å². The van der Waals surface area contributed by atoms with Crippen molar-refractivity contribution in [2.75, 3.05) is 33.7 Å². The summed E-state index contributed by atoms with van der Waals surface area (Å²) in [6.45, 7) is 3.12. The van der Waals surface area contributed by atoms with Gasteiger partial charge in [-0.1, -0.05) is 30.3 Å². The quantitative estimate of drug-likeness (QED) is 0.579. The first-order valence-corrected chi connectivity index (χ1v) is 10.9. The summed E-state index contributed by atoms with van der Waals surface area (Å²) in [5, 5.41) is 7.41. The fraction of sp³-hybridized carbons (Fsp3) is 0.360. The molecule has 2 heterocycles. The molecule has 0 atom stereocenters. The van der Waals surface area contributed by atoms with Crippen LogP contribution in [0.15, 0.2) is 48.5 Å². The minimum Gasteiger partial charge on any atom is -0.352 e. The molecule has 1 aliphatic heterocycles. The van der Waals surface area contributed by atoms with E-state index in [-0.39, 0.29) is 11.8 Å². The van der Waals surface area contributed by atoms with Gasteiger partial charge in [-0.2, -0.15) is 0 Å². The molecule has 162 valence electrons. The standard InChI is InChI=1S/C25H30N4O2/c1-28(2)14-6-12-27-25(31)19-9-10-22-21(16-19)20-11-13-26-17-23(20)29(22)24(30)15-18-7-4-3-5-8-18/h3-5,7-10,16,26H,6,11-15,17H2,1-2H3,(H,27,31). The van der Waals surface area contributed by atoms with Crippen LogP contribution in [0, 0.1) is 0 Å². The number of nitrogens with zero attached hydrogens (tertiary/aromatic N) is 2. The molecular formula is C25H30N4O2. The Kier molecular flexibility index (Phi) is 6.49. The number of rotatable bonds is 7. The lowest BCUT2D eigenvalue weighted by molar-refractivity contribution is 0.0914. The number of fused-ring (bicyclic) bond motifs is 3. The van der Waals surface area contributed by atoms with E-state index >= 15 is 0 Å². The lowest BCUT2D eigenvalue weighted by atomic mass is 10.0. The molecule has 1 aliphatic rings. The summed E-state index contributed by atoms with van der Waals surface area (Å²) in [5.41, 5.74) is 4.73. The molecule has 1 aromatic heterocycles. The van der Waals surface area contributed by atoms with Crippen molar-refractivity contribution >= 4 is 22.7 Å². The van der Waals surface area contributed by atoms with Gasteiger partial charge in [-0.3, -0.25) is 14.2 Å². The van der Waals surface area contributed by atoms with Crippen molar-refractivity contribution in [2.45, 2.75) is 25.8 Å². The molecule has 3 aromatic rings. The third kappa shape index (κ3) is 4.70. The Morgan fingerprint density at radius 3 is 2.71 bits per heavy atom. The highest BCUT2D eigenvalue weighted by atomic mass is 16.2. The number of aromatic nitrogens is 1. The normalized spacial score (nSPS) is 13.4. The molecule has 2 N–H and O–H groups in total. The van der Waals surface area contributed by atoms with Gasteiger partial charge in [0.1, 0.15) is 0 Å². The molecule has 0 aliphatic carbocycles. The largest absolute Gasteiger partial charge is 0.352 e. The van der Waals surface area contributed by atoms with Crippen molar-refractivity contribution in [1.82, 2.24) is 20.1 Å². The van der Waals surface area contributed by atoms with Crippen molar-refractivity contribution in [3.63, 3.8) is 0 Å². The van der Waals surface area contributed by atoms with Crippen molar-refractivity contribution in [2.24, 2.45) is 0 Å². The predicted molar refractivity (Wildman–Crippen MR) is 124 cm³/mol. The van der Waals surface area contributed by atoms with Crippen molar-refractivity contribution in [3.8, 4) is 0 Å². The molecule has 6 nitrogen and oxygen atoms in total. The highest BCUT2D eigenvalue weighted by Gasteiger charge is 2.24. The van der Waals surface area contributed by atoms with Crippen molar-refractivity contribution < 1.29 is 9.59 Å². The Morgan fingerprint density at radius 2 is 1.94 bits per heavy atom. The summed E-state index contributed by atoms with van der Waals surface area (Å²) in [6, 6.07) is 15.5. The third-order valence-electron chi connectivity index (χ3n) is 5.80. The van der Waals surface area contributed by atoms with Gasteiger partial charge >= 0.3 is 0 Å². The number of nitrogens with one attached hydrogen (secondary N) is 2. The number of benzene rings is 2. The van der Waals surface area contributed by atoms with E-state index in [9.17, 15) is 9.59 Å². The summed E-state index contributed by atoms with van der Waals surface area (Å²) >= 11 is 0. The van der Waals surface area contributed by atoms with Gasteiger partial charge in [-0.25, -0.2) is 0 Å². The van der Waals surface area contributed by atoms with Gasteiger partial charge in [0.15, 0.2) is 0 Å². The van der Waals surface area contributed by atoms with E-state index in [2.05, 4.69) is 15.5 Å². The van der Waals surface area contributed by atoms with Crippen molar-refractivity contribution in [1.29, 1.82) is 0 Å². The molecule has 0 unspecified atom stereocenters. The average Bonchev–Trinajstić information content (AvgIpc) is 3.11. The Balaban J connectivity index is 1.62. The minimum absolute atomic E-state index is 0.0574. The highest BCUT2D eigenvalue weighted by Crippen LogP contribution is 2.30. The molecule has 6 heteroatoms. The zero-order valence-corrected chi connectivity index (χ0v) is 18.3. The maximum Gasteiger partial charge on any atom is 0.251 e. The zero-order chi connectivity index (χ0) is 21.8. The van der Waals surface area contributed by atoms with Crippen LogP contribution >= 0.6 is 0 Å². The Morgan fingerprint density at radius 1 is 1.13 bits per heavy atom. The smallest absolute Gasteiger partial charge is 0.251 e. The lowest BCUT2D eigenvalue weighted by Crippen LogP contribution is -2.27. The molecular weight excluding hydrogens is 388 g/mol. The van der Waals surface area contributed by atoms with Crippen LogP contribution in [0.25, 0.3) is 10.9 Å². The molecule has 0 radical (unpaired) electrons. The van der Waals surface area contributed by atoms with E-state index in [0.717, 1.165) is 48.1 Å². The fourth-order valence-corrected chi connectivity index (χ4v) is 4.27. The van der Waals surface area contributed by atoms with Gasteiger partial charge in [0, 0.05) is 29.7 Å². The maximum atomic E-state index is 13.3. The van der Waals surface area contributed by atoms with Gasteiger partial charge in [0.25, 0.3) is 5.91 Å². The zero-order valence-electron chi connectivity index (χ0n) is 18.3. The highest BCUT2D eigenvalue weighted by molar-refractivity contribution is 6.02. The van der Waals surface area contributed by atoms with Crippen LogP contribution in [0.1, 0.15) is 38.4 Å². The molecule has 2 aromatic carbocycles. The topological polar surface area (TPSA) is 66.4 Å². The predicted octanol–water partition coefficient (Wildman–Crippen LogP) is 2.85. The number of hydrogen-bond acceptors (Lipinski definition) is 4. The average molecular weight is 419 g/mol. The van der Waals surface area contributed by atoms with E-state index < -0.39 is 0 Å². The van der Waals surface area contributed by atoms with E-state index in [0.29, 0.717) is 25.1 Å². The van der Waals surface area contributed by atoms with Crippen LogP contribution in [0.2, 0.25) is 0 Å². The molecule has 0 saturated heterocycles. The molecule has 0 spiro atoms. The van der Waals surface area contributed by atoms with Crippen LogP contribution in [-0.2, 0) is 19.4 Å². The first-order valence-electron chi connectivity index (χ1n) is 10.9. The van der Waals surface area contributed by atoms with Crippen LogP contribution < -0.4 is 10.6 Å². The van der Waals surface area contributed by atoms with E-state index in [1.54, 1.807) is 0 Å². The SMILES string of the molecule is CN(C)CCCNC(=O)c1ccc2c(c1)c1c(n2C(=O)Cc2ccccc2)CNCC1. The second-order valence-electron chi connectivity index (χ2n) is 8.39. The molecule has 4 rings (SSSR count). The minimum atomic E-state index is -0.0632. The summed E-state index contributed by atoms with van der Waals surface area (Å²) in [5.74, 6) is -0.00580. The number of hydrogen-bond donors (Lipinski definition) is 2. The Labute approximate surface area is 183 Å². The fourth-order valence-electron chi connectivity index (χ4n) is 4.27. The second kappa shape index (κ2) is 9.45. The van der Waals surface area contributed by atoms with Crippen LogP contribution in [-0.4, -0.2) is 55.0 Å². The molecule has 0 bridgehead atoms. The van der Waals surface area contributed by atoms with Crippen molar-refractivity contribution in [3.05, 3.63) is 70.9 Å². The van der Waals surface area contributed by atoms with E-state index in [1.807, 2.05) is 67.2 Å². The van der Waals surface area contributed by atoms with Gasteiger partial charge in [0.2, 0.25) is 5.91 Å². The first-order chi connectivity index (χ1) is 15.0. The summed E-state index contributed by atoms with van der Waals surface area (Å²) in [6.07, 6.45) is 2.11. The summed E-state index contributed by atoms with van der Waals surface area (Å²) < 4.78 is 1.85. The third-order valence-corrected chi connectivity index (χ3v) is 5.80. The Bertz CT molecular complexity index is 1090. The number of amides is 1. The van der Waals surface area contributed by atoms with Crippen LogP contribution in [0.5, 0.6) is 0 Å². The summed E-state index contributed by atoms with van der Waals surface area (Å²) in [4.78, 5) is 28.0. The monoisotopic (exact) mass is 418 g/mol. The maximum absolute atomic E-state index is 13.3. The first kappa shape index (κ1) is 21.3. The van der Waals surface area contributed by atoms with Gasteiger partial charge in [-0.15, -0.1) is 0 Å². The molecule has 1 amide bonds. The van der Waals surface area contributed by atoms with Gasteiger partial charge in [-0.05, 0) is 69.4 Å². The van der Waals surface area contributed by atoms with Gasteiger partial charge < -0.3 is 15.5 Å². The summed E-state index contributed by atoms with van der Waals surface area (Å²) in [7, 11) is 4.05.